The van der Waals surface area contributed by atoms with Crippen molar-refractivity contribution in [2.75, 3.05) is 12.3 Å². The standard InChI is InChI=1S/C12H19NO2S/c1-10(2)11-4-6-12(7-5-11)16(14,15)9-3-8-13/h4-7,10H,3,8-9,13H2,1-2H3. The van der Waals surface area contributed by atoms with Crippen LogP contribution in [0.3, 0.4) is 0 Å². The Morgan fingerprint density at radius 3 is 2.19 bits per heavy atom. The first kappa shape index (κ1) is 13.2. The second-order valence-corrected chi connectivity index (χ2v) is 6.29. The summed E-state index contributed by atoms with van der Waals surface area (Å²) in [4.78, 5) is 0.394. The smallest absolute Gasteiger partial charge is 0.178 e. The Morgan fingerprint density at radius 2 is 1.75 bits per heavy atom. The van der Waals surface area contributed by atoms with Gasteiger partial charge in [0.15, 0.2) is 9.84 Å². The Kier molecular flexibility index (Phi) is 4.50. The molecule has 1 aromatic carbocycles. The summed E-state index contributed by atoms with van der Waals surface area (Å²) in [7, 11) is -3.14. The van der Waals surface area contributed by atoms with Crippen molar-refractivity contribution in [3.05, 3.63) is 29.8 Å². The van der Waals surface area contributed by atoms with Gasteiger partial charge in [-0.25, -0.2) is 8.42 Å². The van der Waals surface area contributed by atoms with Crippen LogP contribution in [0.4, 0.5) is 0 Å². The van der Waals surface area contributed by atoms with Gasteiger partial charge in [0.1, 0.15) is 0 Å². The molecule has 3 nitrogen and oxygen atoms in total. The van der Waals surface area contributed by atoms with E-state index in [0.717, 1.165) is 5.56 Å². The monoisotopic (exact) mass is 241 g/mol. The molecule has 16 heavy (non-hydrogen) atoms. The van der Waals surface area contributed by atoms with E-state index in [-0.39, 0.29) is 5.75 Å². The van der Waals surface area contributed by atoms with Crippen LogP contribution in [0, 0.1) is 0 Å². The summed E-state index contributed by atoms with van der Waals surface area (Å²) in [6, 6.07) is 7.11. The molecular weight excluding hydrogens is 222 g/mol. The van der Waals surface area contributed by atoms with Crippen molar-refractivity contribution < 1.29 is 8.42 Å². The molecule has 0 aliphatic rings. The molecule has 0 amide bonds. The van der Waals surface area contributed by atoms with Crippen molar-refractivity contribution >= 4 is 9.84 Å². The second-order valence-electron chi connectivity index (χ2n) is 4.18. The maximum Gasteiger partial charge on any atom is 0.178 e. The Hall–Kier alpha value is -0.870. The Morgan fingerprint density at radius 1 is 1.19 bits per heavy atom. The van der Waals surface area contributed by atoms with Crippen LogP contribution in [-0.4, -0.2) is 20.7 Å². The largest absolute Gasteiger partial charge is 0.330 e. The normalized spacial score (nSPS) is 12.0. The van der Waals surface area contributed by atoms with Crippen molar-refractivity contribution in [2.24, 2.45) is 5.73 Å². The molecule has 90 valence electrons. The maximum atomic E-state index is 11.8. The predicted octanol–water partition coefficient (Wildman–Crippen LogP) is 1.93. The quantitative estimate of drug-likeness (QED) is 0.857. The molecule has 0 saturated heterocycles. The molecule has 0 aromatic heterocycles. The SMILES string of the molecule is CC(C)c1ccc(S(=O)(=O)CCCN)cc1. The first-order valence-electron chi connectivity index (χ1n) is 5.50. The number of hydrogen-bond donors (Lipinski definition) is 1. The summed E-state index contributed by atoms with van der Waals surface area (Å²) in [5.41, 5.74) is 6.46. The van der Waals surface area contributed by atoms with Crippen LogP contribution in [0.5, 0.6) is 0 Å². The number of sulfone groups is 1. The van der Waals surface area contributed by atoms with E-state index < -0.39 is 9.84 Å². The topological polar surface area (TPSA) is 60.2 Å². The van der Waals surface area contributed by atoms with Crippen molar-refractivity contribution in [1.29, 1.82) is 0 Å². The molecule has 0 fully saturated rings. The average molecular weight is 241 g/mol. The molecule has 4 heteroatoms. The molecule has 0 saturated carbocycles. The van der Waals surface area contributed by atoms with Crippen molar-refractivity contribution in [1.82, 2.24) is 0 Å². The molecule has 0 atom stereocenters. The Labute approximate surface area is 97.6 Å². The summed E-state index contributed by atoms with van der Waals surface area (Å²) >= 11 is 0. The lowest BCUT2D eigenvalue weighted by Crippen LogP contribution is -2.11. The summed E-state index contributed by atoms with van der Waals surface area (Å²) in [5.74, 6) is 0.547. The number of rotatable bonds is 5. The highest BCUT2D eigenvalue weighted by atomic mass is 32.2. The van der Waals surface area contributed by atoms with E-state index in [4.69, 9.17) is 5.73 Å². The molecule has 1 rings (SSSR count). The molecule has 0 radical (unpaired) electrons. The minimum Gasteiger partial charge on any atom is -0.330 e. The van der Waals surface area contributed by atoms with Crippen LogP contribution >= 0.6 is 0 Å². The van der Waals surface area contributed by atoms with Crippen LogP contribution in [0.1, 0.15) is 31.7 Å². The number of benzene rings is 1. The van der Waals surface area contributed by atoms with E-state index in [9.17, 15) is 8.42 Å². The van der Waals surface area contributed by atoms with E-state index >= 15 is 0 Å². The molecule has 0 aliphatic carbocycles. The van der Waals surface area contributed by atoms with Crippen molar-refractivity contribution in [3.8, 4) is 0 Å². The summed E-state index contributed by atoms with van der Waals surface area (Å²) < 4.78 is 23.6. The molecule has 0 unspecified atom stereocenters. The second kappa shape index (κ2) is 5.46. The van der Waals surface area contributed by atoms with Gasteiger partial charge >= 0.3 is 0 Å². The highest BCUT2D eigenvalue weighted by Crippen LogP contribution is 2.18. The summed E-state index contributed by atoms with van der Waals surface area (Å²) in [6.07, 6.45) is 0.508. The van der Waals surface area contributed by atoms with Crippen LogP contribution in [0.2, 0.25) is 0 Å². The van der Waals surface area contributed by atoms with E-state index in [1.54, 1.807) is 12.1 Å². The number of hydrogen-bond acceptors (Lipinski definition) is 3. The van der Waals surface area contributed by atoms with Crippen LogP contribution in [-0.2, 0) is 9.84 Å². The van der Waals surface area contributed by atoms with Crippen LogP contribution in [0.25, 0.3) is 0 Å². The molecule has 0 bridgehead atoms. The molecule has 0 heterocycles. The van der Waals surface area contributed by atoms with Gasteiger partial charge in [0, 0.05) is 0 Å². The molecule has 2 N–H and O–H groups in total. The third kappa shape index (κ3) is 3.32. The fraction of sp³-hybridized carbons (Fsp3) is 0.500. The third-order valence-corrected chi connectivity index (χ3v) is 4.34. The first-order chi connectivity index (χ1) is 7.47. The molecule has 1 aromatic rings. The predicted molar refractivity (Wildman–Crippen MR) is 66.3 cm³/mol. The van der Waals surface area contributed by atoms with Gasteiger partial charge in [-0.2, -0.15) is 0 Å². The van der Waals surface area contributed by atoms with Gasteiger partial charge in [-0.15, -0.1) is 0 Å². The first-order valence-corrected chi connectivity index (χ1v) is 7.15. The molecular formula is C12H19NO2S. The molecule has 0 aliphatic heterocycles. The average Bonchev–Trinajstić information content (AvgIpc) is 2.26. The van der Waals surface area contributed by atoms with Gasteiger partial charge in [-0.1, -0.05) is 26.0 Å². The van der Waals surface area contributed by atoms with Gasteiger partial charge < -0.3 is 5.73 Å². The van der Waals surface area contributed by atoms with Gasteiger partial charge in [0.25, 0.3) is 0 Å². The lowest BCUT2D eigenvalue weighted by Gasteiger charge is -2.07. The Bertz CT molecular complexity index is 421. The van der Waals surface area contributed by atoms with Crippen molar-refractivity contribution in [3.63, 3.8) is 0 Å². The fourth-order valence-electron chi connectivity index (χ4n) is 1.45. The molecule has 0 spiro atoms. The number of nitrogens with two attached hydrogens (primary N) is 1. The zero-order valence-electron chi connectivity index (χ0n) is 9.81. The Balaban J connectivity index is 2.89. The summed E-state index contributed by atoms with van der Waals surface area (Å²) in [5, 5.41) is 0. The zero-order valence-corrected chi connectivity index (χ0v) is 10.6. The lowest BCUT2D eigenvalue weighted by atomic mass is 10.0. The highest BCUT2D eigenvalue weighted by Gasteiger charge is 2.13. The maximum absolute atomic E-state index is 11.8. The summed E-state index contributed by atoms with van der Waals surface area (Å²) in [6.45, 7) is 4.57. The minimum absolute atomic E-state index is 0.129. The van der Waals surface area contributed by atoms with E-state index in [2.05, 4.69) is 13.8 Å². The van der Waals surface area contributed by atoms with Crippen LogP contribution in [0.15, 0.2) is 29.2 Å². The van der Waals surface area contributed by atoms with Crippen LogP contribution < -0.4 is 5.73 Å². The van der Waals surface area contributed by atoms with Gasteiger partial charge in [-0.3, -0.25) is 0 Å². The fourth-order valence-corrected chi connectivity index (χ4v) is 2.78. The van der Waals surface area contributed by atoms with Gasteiger partial charge in [0.2, 0.25) is 0 Å². The van der Waals surface area contributed by atoms with E-state index in [0.29, 0.717) is 23.8 Å². The zero-order chi connectivity index (χ0) is 12.2. The van der Waals surface area contributed by atoms with E-state index in [1.165, 1.54) is 0 Å². The third-order valence-electron chi connectivity index (χ3n) is 2.52. The van der Waals surface area contributed by atoms with Gasteiger partial charge in [-0.05, 0) is 36.6 Å². The van der Waals surface area contributed by atoms with Gasteiger partial charge in [0.05, 0.1) is 10.6 Å². The van der Waals surface area contributed by atoms with Crippen molar-refractivity contribution in [2.45, 2.75) is 31.1 Å². The van der Waals surface area contributed by atoms with E-state index in [1.807, 2.05) is 12.1 Å². The lowest BCUT2D eigenvalue weighted by molar-refractivity contribution is 0.593. The minimum atomic E-state index is -3.14. The highest BCUT2D eigenvalue weighted by molar-refractivity contribution is 7.91.